The summed E-state index contributed by atoms with van der Waals surface area (Å²) in [5, 5.41) is 7.33. The van der Waals surface area contributed by atoms with Gasteiger partial charge in [0.2, 0.25) is 11.8 Å². The van der Waals surface area contributed by atoms with Crippen molar-refractivity contribution in [1.29, 1.82) is 0 Å². The Morgan fingerprint density at radius 1 is 1.24 bits per heavy atom. The lowest BCUT2D eigenvalue weighted by atomic mass is 9.59. The number of rotatable bonds is 9. The number of nitrogens with two attached hydrogens (primary N) is 1. The molecule has 5 rings (SSSR count). The van der Waals surface area contributed by atoms with Crippen molar-refractivity contribution >= 4 is 29.4 Å². The number of fused-ring (bicyclic) bond motifs is 2. The maximum Gasteiger partial charge on any atom is 0.226 e. The zero-order chi connectivity index (χ0) is 29.9. The second-order valence-corrected chi connectivity index (χ2v) is 12.6. The molecule has 2 aliphatic heterocycles. The van der Waals surface area contributed by atoms with Gasteiger partial charge in [-0.25, -0.2) is 9.98 Å². The van der Waals surface area contributed by atoms with Crippen LogP contribution < -0.4 is 15.8 Å². The summed E-state index contributed by atoms with van der Waals surface area (Å²) in [5.74, 6) is 1.33. The highest BCUT2D eigenvalue weighted by Gasteiger charge is 2.56. The Bertz CT molecular complexity index is 1260. The third kappa shape index (κ3) is 6.50. The number of hydrogen-bond donors (Lipinski definition) is 2. The molecular weight excluding hydrogens is 534 g/mol. The van der Waals surface area contributed by atoms with Crippen molar-refractivity contribution in [2.75, 3.05) is 13.6 Å². The number of likely N-dealkylation sites (N-methyl/N-ethyl adjacent to an activating group) is 1. The summed E-state index contributed by atoms with van der Waals surface area (Å²) in [6, 6.07) is 2.05. The van der Waals surface area contributed by atoms with Crippen LogP contribution in [-0.2, 0) is 14.4 Å². The lowest BCUT2D eigenvalue weighted by molar-refractivity contribution is -0.148. The summed E-state index contributed by atoms with van der Waals surface area (Å²) in [5.41, 5.74) is 6.64. The minimum Gasteiger partial charge on any atom is -0.473 e. The first-order chi connectivity index (χ1) is 20.2. The summed E-state index contributed by atoms with van der Waals surface area (Å²) in [6.45, 7) is 6.91. The third-order valence-electron chi connectivity index (χ3n) is 9.15. The number of ketones is 1. The van der Waals surface area contributed by atoms with Gasteiger partial charge in [-0.3, -0.25) is 14.5 Å². The quantitative estimate of drug-likeness (QED) is 0.420. The van der Waals surface area contributed by atoms with E-state index in [0.717, 1.165) is 57.9 Å². The predicted molar refractivity (Wildman–Crippen MR) is 161 cm³/mol. The molecule has 11 heteroatoms. The Morgan fingerprint density at radius 2 is 2.05 bits per heavy atom. The second kappa shape index (κ2) is 12.9. The lowest BCUT2D eigenvalue weighted by Crippen LogP contribution is -2.51. The van der Waals surface area contributed by atoms with Crippen molar-refractivity contribution in [3.05, 3.63) is 23.7 Å². The molecule has 1 amide bonds. The van der Waals surface area contributed by atoms with E-state index in [-0.39, 0.29) is 36.5 Å². The molecule has 3 heterocycles. The SMILES string of the molecule is CC(C)NC(=O)CC(N)=CC=Nc1cc(O[C@@H](C)[C@@H]2CCCN2C)nc(C2=NO[C@@H]3C2CCC[C@@]32CCCCC2=O)n1. The topological polar surface area (TPSA) is 144 Å². The fourth-order valence-electron chi connectivity index (χ4n) is 7.12. The fourth-order valence-corrected chi connectivity index (χ4v) is 7.12. The first-order valence-corrected chi connectivity index (χ1v) is 15.5. The Kier molecular flexibility index (Phi) is 9.25. The number of hydrogen-bond acceptors (Lipinski definition) is 10. The first kappa shape index (κ1) is 30.1. The van der Waals surface area contributed by atoms with E-state index in [1.807, 2.05) is 13.8 Å². The highest BCUT2D eigenvalue weighted by Crippen LogP contribution is 2.51. The van der Waals surface area contributed by atoms with E-state index in [1.165, 1.54) is 6.21 Å². The molecule has 228 valence electrons. The molecule has 0 radical (unpaired) electrons. The summed E-state index contributed by atoms with van der Waals surface area (Å²) >= 11 is 0. The number of nitrogens with zero attached hydrogens (tertiary/aromatic N) is 5. The van der Waals surface area contributed by atoms with Crippen molar-refractivity contribution in [1.82, 2.24) is 20.2 Å². The number of amides is 1. The van der Waals surface area contributed by atoms with Gasteiger partial charge in [0.25, 0.3) is 0 Å². The number of aliphatic imine (C=N–C) groups is 1. The molecule has 1 aromatic rings. The van der Waals surface area contributed by atoms with Gasteiger partial charge in [0.05, 0.1) is 11.8 Å². The Labute approximate surface area is 248 Å². The molecule has 4 aliphatic rings. The van der Waals surface area contributed by atoms with Crippen LogP contribution in [-0.4, -0.2) is 76.4 Å². The van der Waals surface area contributed by atoms with Gasteiger partial charge in [-0.05, 0) is 79.0 Å². The minimum atomic E-state index is -0.465. The molecular formula is C31H45N7O4. The van der Waals surface area contributed by atoms with Crippen molar-refractivity contribution in [3.63, 3.8) is 0 Å². The molecule has 42 heavy (non-hydrogen) atoms. The van der Waals surface area contributed by atoms with Crippen LogP contribution in [0.25, 0.3) is 0 Å². The molecule has 5 atom stereocenters. The maximum atomic E-state index is 13.2. The number of ether oxygens (including phenoxy) is 1. The van der Waals surface area contributed by atoms with E-state index in [1.54, 1.807) is 12.1 Å². The zero-order valence-corrected chi connectivity index (χ0v) is 25.3. The molecule has 3 N–H and O–H groups in total. The number of allylic oxidation sites excluding steroid dienone is 1. The van der Waals surface area contributed by atoms with Crippen LogP contribution in [0.15, 0.2) is 28.0 Å². The summed E-state index contributed by atoms with van der Waals surface area (Å²) in [6.07, 6.45) is 11.2. The summed E-state index contributed by atoms with van der Waals surface area (Å²) < 4.78 is 6.38. The maximum absolute atomic E-state index is 13.2. The van der Waals surface area contributed by atoms with E-state index < -0.39 is 5.41 Å². The number of Topliss-reactive ketones (excluding diaryl/α,β-unsaturated/α-hetero) is 1. The van der Waals surface area contributed by atoms with E-state index in [0.29, 0.717) is 47.2 Å². The molecule has 11 nitrogen and oxygen atoms in total. The van der Waals surface area contributed by atoms with Crippen LogP contribution in [0.2, 0.25) is 0 Å². The van der Waals surface area contributed by atoms with E-state index in [9.17, 15) is 9.59 Å². The molecule has 0 aromatic carbocycles. The van der Waals surface area contributed by atoms with E-state index in [2.05, 4.69) is 34.3 Å². The molecule has 1 aromatic heterocycles. The van der Waals surface area contributed by atoms with Gasteiger partial charge < -0.3 is 20.6 Å². The number of carbonyl (C=O) groups excluding carboxylic acids is 2. The molecule has 0 bridgehead atoms. The van der Waals surface area contributed by atoms with Crippen LogP contribution >= 0.6 is 0 Å². The molecule has 3 fully saturated rings. The zero-order valence-electron chi connectivity index (χ0n) is 25.3. The van der Waals surface area contributed by atoms with Gasteiger partial charge in [-0.15, -0.1) is 0 Å². The van der Waals surface area contributed by atoms with Gasteiger partial charge in [0.1, 0.15) is 23.7 Å². The Morgan fingerprint density at radius 3 is 2.79 bits per heavy atom. The Hall–Kier alpha value is -3.34. The fraction of sp³-hybridized carbons (Fsp3) is 0.677. The minimum absolute atomic E-state index is 0.0422. The van der Waals surface area contributed by atoms with Crippen LogP contribution in [0.4, 0.5) is 5.82 Å². The molecule has 1 spiro atoms. The highest BCUT2D eigenvalue weighted by molar-refractivity contribution is 6.01. The van der Waals surface area contributed by atoms with Gasteiger partial charge in [0, 0.05) is 42.4 Å². The largest absolute Gasteiger partial charge is 0.473 e. The van der Waals surface area contributed by atoms with Crippen LogP contribution in [0, 0.1) is 11.3 Å². The third-order valence-corrected chi connectivity index (χ3v) is 9.15. The number of likely N-dealkylation sites (tertiary alicyclic amines) is 1. The van der Waals surface area contributed by atoms with Crippen molar-refractivity contribution in [2.45, 2.75) is 109 Å². The summed E-state index contributed by atoms with van der Waals surface area (Å²) in [4.78, 5) is 47.7. The van der Waals surface area contributed by atoms with E-state index >= 15 is 0 Å². The lowest BCUT2D eigenvalue weighted by Gasteiger charge is -2.44. The normalized spacial score (nSPS) is 29.1. The second-order valence-electron chi connectivity index (χ2n) is 12.6. The molecule has 1 unspecified atom stereocenters. The average molecular weight is 580 g/mol. The Balaban J connectivity index is 1.40. The molecule has 2 aliphatic carbocycles. The monoisotopic (exact) mass is 579 g/mol. The van der Waals surface area contributed by atoms with E-state index in [4.69, 9.17) is 25.3 Å². The van der Waals surface area contributed by atoms with Gasteiger partial charge in [-0.1, -0.05) is 18.0 Å². The van der Waals surface area contributed by atoms with Gasteiger partial charge >= 0.3 is 0 Å². The van der Waals surface area contributed by atoms with Crippen molar-refractivity contribution < 1.29 is 19.2 Å². The highest BCUT2D eigenvalue weighted by atomic mass is 16.6. The number of aromatic nitrogens is 2. The number of nitrogens with one attached hydrogen (secondary N) is 1. The average Bonchev–Trinajstić information content (AvgIpc) is 3.57. The molecule has 1 saturated heterocycles. The predicted octanol–water partition coefficient (Wildman–Crippen LogP) is 3.83. The van der Waals surface area contributed by atoms with Crippen molar-refractivity contribution in [2.24, 2.45) is 27.2 Å². The smallest absolute Gasteiger partial charge is 0.226 e. The van der Waals surface area contributed by atoms with Crippen LogP contribution in [0.3, 0.4) is 0 Å². The summed E-state index contributed by atoms with van der Waals surface area (Å²) in [7, 11) is 2.12. The number of carbonyl (C=O) groups is 2. The van der Waals surface area contributed by atoms with Crippen LogP contribution in [0.1, 0.15) is 90.8 Å². The number of oxime groups is 1. The van der Waals surface area contributed by atoms with Crippen molar-refractivity contribution in [3.8, 4) is 5.88 Å². The first-order valence-electron chi connectivity index (χ1n) is 15.5. The molecule has 2 saturated carbocycles. The van der Waals surface area contributed by atoms with Crippen LogP contribution in [0.5, 0.6) is 5.88 Å². The standard InChI is InChI=1S/C31H45N7O4/c1-19(2)34-26(40)17-21(32)12-15-33-25-18-27(41-20(3)23-10-8-16-38(23)4)36-30(35-25)28-22-9-7-14-31(29(22)42-37-28)13-6-5-11-24(31)39/h12,15,18-20,22-23,29H,5-11,13-14,16-17,32H2,1-4H3,(H,34,40)/t20-,22?,23-,29+,31+/m0/s1. The van der Waals surface area contributed by atoms with Gasteiger partial charge in [-0.2, -0.15) is 4.98 Å². The van der Waals surface area contributed by atoms with Gasteiger partial charge in [0.15, 0.2) is 11.6 Å².